The fourth-order valence-electron chi connectivity index (χ4n) is 1.24. The van der Waals surface area contributed by atoms with Crippen molar-refractivity contribution in [2.45, 2.75) is 6.04 Å². The summed E-state index contributed by atoms with van der Waals surface area (Å²) in [7, 11) is -4.58. The first-order valence-corrected chi connectivity index (χ1v) is 5.23. The van der Waals surface area contributed by atoms with Gasteiger partial charge in [0.2, 0.25) is 0 Å². The highest BCUT2D eigenvalue weighted by atomic mass is 32.2. The van der Waals surface area contributed by atoms with Gasteiger partial charge in [0.1, 0.15) is 5.75 Å². The summed E-state index contributed by atoms with van der Waals surface area (Å²) in [6, 6.07) is -2.19. The summed E-state index contributed by atoms with van der Waals surface area (Å²) in [5.41, 5.74) is -1.49. The van der Waals surface area contributed by atoms with Gasteiger partial charge in [0, 0.05) is 4.92 Å². The molecular weight excluding hydrogens is 250 g/mol. The Kier molecular flexibility index (Phi) is 2.60. The second-order valence-corrected chi connectivity index (χ2v) is 4.74. The number of nitro groups is 3. The molecule has 0 N–H and O–H groups in total. The predicted molar refractivity (Wildman–Crippen MR) is 45.6 cm³/mol. The van der Waals surface area contributed by atoms with Crippen LogP contribution in [-0.4, -0.2) is 35.0 Å². The van der Waals surface area contributed by atoms with Gasteiger partial charge in [0.25, 0.3) is 9.84 Å². The molecule has 1 aliphatic rings. The lowest BCUT2D eigenvalue weighted by molar-refractivity contribution is -0.555. The van der Waals surface area contributed by atoms with Crippen LogP contribution in [0.5, 0.6) is 0 Å². The summed E-state index contributed by atoms with van der Waals surface area (Å²) in [4.78, 5) is 27.0. The minimum Gasteiger partial charge on any atom is -0.264 e. The van der Waals surface area contributed by atoms with Crippen molar-refractivity contribution in [2.24, 2.45) is 0 Å². The van der Waals surface area contributed by atoms with Crippen molar-refractivity contribution < 1.29 is 23.2 Å². The highest BCUT2D eigenvalue weighted by molar-refractivity contribution is 7.95. The number of sulfone groups is 1. The summed E-state index contributed by atoms with van der Waals surface area (Å²) >= 11 is 0. The molecule has 0 aromatic carbocycles. The van der Waals surface area contributed by atoms with Crippen LogP contribution in [0, 0.1) is 30.3 Å². The summed E-state index contributed by atoms with van der Waals surface area (Å²) in [5.74, 6) is -1.26. The van der Waals surface area contributed by atoms with Gasteiger partial charge in [-0.15, -0.1) is 0 Å². The Morgan fingerprint density at radius 1 is 1.06 bits per heavy atom. The zero-order valence-electron chi connectivity index (χ0n) is 7.30. The van der Waals surface area contributed by atoms with Gasteiger partial charge in [0.15, 0.2) is 0 Å². The molecule has 88 valence electrons. The Hall–Kier alpha value is -2.11. The van der Waals surface area contributed by atoms with Crippen LogP contribution in [0.25, 0.3) is 0 Å². The molecule has 1 unspecified atom stereocenters. The van der Waals surface area contributed by atoms with Crippen LogP contribution >= 0.6 is 0 Å². The van der Waals surface area contributed by atoms with Gasteiger partial charge in [-0.3, -0.25) is 30.3 Å². The van der Waals surface area contributed by atoms with Crippen molar-refractivity contribution >= 4 is 9.84 Å². The average molecular weight is 253 g/mol. The Labute approximate surface area is 86.7 Å². The number of rotatable bonds is 3. The molecule has 0 saturated carbocycles. The highest BCUT2D eigenvalue weighted by Crippen LogP contribution is 2.28. The van der Waals surface area contributed by atoms with Gasteiger partial charge in [-0.25, -0.2) is 8.42 Å². The summed E-state index contributed by atoms with van der Waals surface area (Å²) in [6.45, 7) is 0. The zero-order valence-corrected chi connectivity index (χ0v) is 8.12. The van der Waals surface area contributed by atoms with E-state index in [-0.39, 0.29) is 0 Å². The van der Waals surface area contributed by atoms with E-state index in [1.54, 1.807) is 0 Å². The quantitative estimate of drug-likeness (QED) is 0.446. The van der Waals surface area contributed by atoms with Crippen molar-refractivity contribution in [1.82, 2.24) is 0 Å². The molecule has 0 bridgehead atoms. The molecule has 16 heavy (non-hydrogen) atoms. The lowest BCUT2D eigenvalue weighted by Crippen LogP contribution is -2.27. The Morgan fingerprint density at radius 2 is 1.56 bits per heavy atom. The zero-order chi connectivity index (χ0) is 12.7. The molecule has 0 fully saturated rings. The maximum absolute atomic E-state index is 11.1. The first-order chi connectivity index (χ1) is 7.18. The third kappa shape index (κ3) is 1.69. The SMILES string of the molecule is O=[N+]([O-])C1=C([N+](=O)[O-])S(=O)(=O)CC1[N+](=O)[O-]. The fourth-order valence-corrected chi connectivity index (χ4v) is 2.84. The lowest BCUT2D eigenvalue weighted by Gasteiger charge is -1.95. The van der Waals surface area contributed by atoms with E-state index in [4.69, 9.17) is 0 Å². The molecule has 11 nitrogen and oxygen atoms in total. The van der Waals surface area contributed by atoms with E-state index >= 15 is 0 Å². The van der Waals surface area contributed by atoms with Crippen molar-refractivity contribution in [3.63, 3.8) is 0 Å². The minimum absolute atomic E-state index is 1.23. The van der Waals surface area contributed by atoms with Crippen LogP contribution in [0.3, 0.4) is 0 Å². The minimum atomic E-state index is -4.58. The topological polar surface area (TPSA) is 164 Å². The smallest absolute Gasteiger partial charge is 0.264 e. The molecule has 0 radical (unpaired) electrons. The van der Waals surface area contributed by atoms with E-state index in [1.807, 2.05) is 0 Å². The average Bonchev–Trinajstić information content (AvgIpc) is 2.36. The van der Waals surface area contributed by atoms with Crippen LogP contribution in [0.4, 0.5) is 0 Å². The van der Waals surface area contributed by atoms with E-state index < -0.39 is 47.1 Å². The monoisotopic (exact) mass is 253 g/mol. The molecule has 0 saturated heterocycles. The molecule has 1 heterocycles. The Bertz CT molecular complexity index is 517. The van der Waals surface area contributed by atoms with E-state index in [9.17, 15) is 38.8 Å². The van der Waals surface area contributed by atoms with E-state index in [0.717, 1.165) is 0 Å². The summed E-state index contributed by atoms with van der Waals surface area (Å²) < 4.78 is 22.2. The standard InChI is InChI=1S/C4H3N3O8S/c8-5(9)2-1-16(14,15)4(7(12)13)3(2)6(10)11/h2H,1H2. The summed E-state index contributed by atoms with van der Waals surface area (Å²) in [5, 5.41) is 29.4. The molecular formula is C4H3N3O8S. The molecule has 0 amide bonds. The number of hydrogen-bond donors (Lipinski definition) is 0. The normalized spacial score (nSPS) is 23.1. The highest BCUT2D eigenvalue weighted by Gasteiger charge is 2.60. The van der Waals surface area contributed by atoms with Crippen molar-refractivity contribution in [3.8, 4) is 0 Å². The molecule has 0 spiro atoms. The fraction of sp³-hybridized carbons (Fsp3) is 0.500. The predicted octanol–water partition coefficient (Wildman–Crippen LogP) is -1.22. The maximum Gasteiger partial charge on any atom is 0.439 e. The van der Waals surface area contributed by atoms with Crippen molar-refractivity contribution in [3.05, 3.63) is 41.1 Å². The van der Waals surface area contributed by atoms with Crippen molar-refractivity contribution in [1.29, 1.82) is 0 Å². The van der Waals surface area contributed by atoms with Gasteiger partial charge in [0.05, 0.1) is 9.85 Å². The van der Waals surface area contributed by atoms with Gasteiger partial charge in [-0.1, -0.05) is 0 Å². The molecule has 1 aliphatic heterocycles. The lowest BCUT2D eigenvalue weighted by atomic mass is 10.3. The van der Waals surface area contributed by atoms with E-state index in [1.165, 1.54) is 0 Å². The van der Waals surface area contributed by atoms with Crippen LogP contribution in [0.15, 0.2) is 10.7 Å². The number of nitrogens with zero attached hydrogens (tertiary/aromatic N) is 3. The third-order valence-electron chi connectivity index (χ3n) is 1.82. The third-order valence-corrected chi connectivity index (χ3v) is 3.53. The Morgan fingerprint density at radius 3 is 1.88 bits per heavy atom. The Balaban J connectivity index is 3.55. The first-order valence-electron chi connectivity index (χ1n) is 3.57. The number of hydrogen-bond acceptors (Lipinski definition) is 8. The molecule has 1 rings (SSSR count). The van der Waals surface area contributed by atoms with Crippen LogP contribution in [0.2, 0.25) is 0 Å². The largest absolute Gasteiger partial charge is 0.439 e. The first kappa shape index (κ1) is 12.0. The van der Waals surface area contributed by atoms with E-state index in [0.29, 0.717) is 0 Å². The van der Waals surface area contributed by atoms with Gasteiger partial charge >= 0.3 is 16.8 Å². The van der Waals surface area contributed by atoms with Crippen LogP contribution in [-0.2, 0) is 9.84 Å². The second kappa shape index (κ2) is 3.48. The van der Waals surface area contributed by atoms with Crippen molar-refractivity contribution in [2.75, 3.05) is 5.75 Å². The van der Waals surface area contributed by atoms with Gasteiger partial charge in [-0.05, 0) is 0 Å². The maximum atomic E-state index is 11.1. The molecule has 1 atom stereocenters. The molecule has 0 aliphatic carbocycles. The molecule has 12 heteroatoms. The van der Waals surface area contributed by atoms with Gasteiger partial charge < -0.3 is 0 Å². The van der Waals surface area contributed by atoms with Gasteiger partial charge in [-0.2, -0.15) is 0 Å². The van der Waals surface area contributed by atoms with Crippen LogP contribution in [0.1, 0.15) is 0 Å². The molecule has 0 aromatic heterocycles. The van der Waals surface area contributed by atoms with E-state index in [2.05, 4.69) is 0 Å². The van der Waals surface area contributed by atoms with Crippen LogP contribution < -0.4 is 0 Å². The molecule has 0 aromatic rings. The summed E-state index contributed by atoms with van der Waals surface area (Å²) in [6.07, 6.45) is 0. The second-order valence-electron chi connectivity index (χ2n) is 2.79.